The summed E-state index contributed by atoms with van der Waals surface area (Å²) in [6.07, 6.45) is 17.9. The summed E-state index contributed by atoms with van der Waals surface area (Å²) in [4.78, 5) is 35.4. The Labute approximate surface area is 392 Å². The number of carbonyl (C=O) groups is 2. The molecule has 0 aliphatic rings. The molecule has 0 spiro atoms. The second-order valence-electron chi connectivity index (χ2n) is 14.7. The lowest BCUT2D eigenvalue weighted by Gasteiger charge is -2.11. The van der Waals surface area contributed by atoms with E-state index < -0.39 is 11.9 Å². The Balaban J connectivity index is 1.10. The van der Waals surface area contributed by atoms with Crippen LogP contribution in [0, 0.1) is 0 Å². The van der Waals surface area contributed by atoms with Crippen LogP contribution in [0.3, 0.4) is 0 Å². The van der Waals surface area contributed by atoms with Gasteiger partial charge < -0.3 is 18.9 Å². The number of nitrogens with zero attached hydrogens (tertiary/aromatic N) is 2. The van der Waals surface area contributed by atoms with Gasteiger partial charge in [-0.3, -0.25) is 9.98 Å². The monoisotopic (exact) mass is 1000 g/mol. The molecule has 5 rings (SSSR count). The van der Waals surface area contributed by atoms with E-state index >= 15 is 0 Å². The van der Waals surface area contributed by atoms with Crippen molar-refractivity contribution in [3.8, 4) is 23.0 Å². The number of benzene rings is 5. The maximum Gasteiger partial charge on any atom is 0.343 e. The van der Waals surface area contributed by atoms with E-state index in [1.165, 1.54) is 76.3 Å². The Morgan fingerprint density at radius 1 is 0.500 bits per heavy atom. The third kappa shape index (κ3) is 16.0. The normalized spacial score (nSPS) is 11.3. The largest absolute Gasteiger partial charge is 0.492 e. The van der Waals surface area contributed by atoms with Crippen molar-refractivity contribution in [2.75, 3.05) is 13.2 Å². The van der Waals surface area contributed by atoms with E-state index in [1.807, 2.05) is 36.4 Å². The van der Waals surface area contributed by atoms with Crippen LogP contribution in [0.5, 0.6) is 23.0 Å². The van der Waals surface area contributed by atoms with Gasteiger partial charge in [-0.05, 0) is 123 Å². The van der Waals surface area contributed by atoms with Crippen LogP contribution in [0.25, 0.3) is 0 Å². The predicted molar refractivity (Wildman–Crippen MR) is 260 cm³/mol. The molecule has 0 aromatic heterocycles. The molecule has 0 heterocycles. The van der Waals surface area contributed by atoms with Crippen LogP contribution in [-0.2, 0) is 0 Å². The van der Waals surface area contributed by atoms with Crippen LogP contribution >= 0.6 is 55.1 Å². The molecule has 0 saturated heterocycles. The highest BCUT2D eigenvalue weighted by Crippen LogP contribution is 2.37. The first-order valence-electron chi connectivity index (χ1n) is 21.2. The maximum absolute atomic E-state index is 13.1. The smallest absolute Gasteiger partial charge is 0.343 e. The Kier molecular flexibility index (Phi) is 20.5. The molecule has 8 nitrogen and oxygen atoms in total. The van der Waals surface area contributed by atoms with Crippen molar-refractivity contribution in [2.45, 2.75) is 90.9 Å². The molecular weight excluding hydrogens is 955 g/mol. The zero-order chi connectivity index (χ0) is 44.1. The minimum absolute atomic E-state index is 0.0184. The molecule has 0 atom stereocenters. The van der Waals surface area contributed by atoms with Gasteiger partial charge in [0, 0.05) is 18.5 Å². The number of halogens is 4. The van der Waals surface area contributed by atoms with Crippen molar-refractivity contribution < 1.29 is 28.5 Å². The number of esters is 2. The first kappa shape index (κ1) is 48.6. The van der Waals surface area contributed by atoms with Gasteiger partial charge in [-0.15, -0.1) is 0 Å². The Hall–Kier alpha value is -4.48. The number of carbonyl (C=O) groups excluding carboxylic acids is 2. The summed E-state index contributed by atoms with van der Waals surface area (Å²) in [7, 11) is 0. The van der Waals surface area contributed by atoms with Crippen molar-refractivity contribution in [2.24, 2.45) is 9.98 Å². The molecule has 326 valence electrons. The van der Waals surface area contributed by atoms with E-state index in [2.05, 4.69) is 55.7 Å². The lowest BCUT2D eigenvalue weighted by Crippen LogP contribution is -2.11. The molecule has 0 fully saturated rings. The fraction of sp³-hybridized carbons (Fsp3) is 0.320. The van der Waals surface area contributed by atoms with Crippen molar-refractivity contribution in [1.82, 2.24) is 0 Å². The maximum atomic E-state index is 13.1. The van der Waals surface area contributed by atoms with E-state index in [9.17, 15) is 9.59 Å². The van der Waals surface area contributed by atoms with Gasteiger partial charge in [-0.1, -0.05) is 126 Å². The Bertz CT molecular complexity index is 2130. The molecule has 0 bridgehead atoms. The molecule has 5 aromatic rings. The van der Waals surface area contributed by atoms with Crippen LogP contribution in [0.4, 0.5) is 11.4 Å². The summed E-state index contributed by atoms with van der Waals surface area (Å²) >= 11 is 20.0. The highest BCUT2D eigenvalue weighted by atomic mass is 79.9. The lowest BCUT2D eigenvalue weighted by molar-refractivity contribution is 0.0733. The molecule has 0 amide bonds. The standard InChI is InChI=1S/C50H52Br2Cl2N2O6/c1-3-5-7-9-11-13-27-59-45-25-23-39(29-41(45)51)55-33-35-15-19-37(20-16-35)49(57)61-47-32-48(44(54)31-43(47)53)62-50(58)38-21-17-36(18-22-38)34-56-40-24-26-46(42(52)30-40)60-28-14-12-10-8-6-4-2/h15-26,29-34H,3-14,27-28H2,1-2H3. The number of hydrogen-bond acceptors (Lipinski definition) is 8. The highest BCUT2D eigenvalue weighted by Gasteiger charge is 2.18. The Morgan fingerprint density at radius 2 is 0.887 bits per heavy atom. The second-order valence-corrected chi connectivity index (χ2v) is 17.2. The quantitative estimate of drug-likeness (QED) is 0.0264. The Morgan fingerprint density at radius 3 is 1.27 bits per heavy atom. The summed E-state index contributed by atoms with van der Waals surface area (Å²) in [5.41, 5.74) is 3.62. The van der Waals surface area contributed by atoms with Gasteiger partial charge in [-0.2, -0.15) is 0 Å². The molecular formula is C50H52Br2Cl2N2O6. The topological polar surface area (TPSA) is 95.8 Å². The van der Waals surface area contributed by atoms with E-state index in [4.69, 9.17) is 42.1 Å². The molecule has 0 aliphatic carbocycles. The molecule has 0 N–H and O–H groups in total. The van der Waals surface area contributed by atoms with E-state index in [-0.39, 0.29) is 32.7 Å². The summed E-state index contributed by atoms with van der Waals surface area (Å²) < 4.78 is 24.8. The van der Waals surface area contributed by atoms with Crippen molar-refractivity contribution in [3.63, 3.8) is 0 Å². The first-order chi connectivity index (χ1) is 30.1. The molecule has 5 aromatic carbocycles. The minimum Gasteiger partial charge on any atom is -0.492 e. The number of hydrogen-bond donors (Lipinski definition) is 0. The molecule has 0 saturated carbocycles. The van der Waals surface area contributed by atoms with Crippen molar-refractivity contribution in [3.05, 3.63) is 138 Å². The number of unbranched alkanes of at least 4 members (excludes halogenated alkanes) is 10. The zero-order valence-corrected chi connectivity index (χ0v) is 39.8. The fourth-order valence-corrected chi connectivity index (χ4v) is 7.62. The van der Waals surface area contributed by atoms with Gasteiger partial charge in [0.25, 0.3) is 0 Å². The number of ether oxygens (including phenoxy) is 4. The van der Waals surface area contributed by atoms with Crippen molar-refractivity contribution in [1.29, 1.82) is 0 Å². The van der Waals surface area contributed by atoms with Crippen LogP contribution in [0.1, 0.15) is 123 Å². The predicted octanol–water partition coefficient (Wildman–Crippen LogP) is 15.9. The van der Waals surface area contributed by atoms with Gasteiger partial charge in [-0.25, -0.2) is 9.59 Å². The summed E-state index contributed by atoms with van der Waals surface area (Å²) in [5.74, 6) is 0.219. The highest BCUT2D eigenvalue weighted by molar-refractivity contribution is 9.11. The molecule has 62 heavy (non-hydrogen) atoms. The first-order valence-corrected chi connectivity index (χ1v) is 23.5. The molecule has 12 heteroatoms. The van der Waals surface area contributed by atoms with Crippen LogP contribution < -0.4 is 18.9 Å². The van der Waals surface area contributed by atoms with E-state index in [1.54, 1.807) is 61.0 Å². The van der Waals surface area contributed by atoms with Gasteiger partial charge in [0.2, 0.25) is 0 Å². The summed E-state index contributed by atoms with van der Waals surface area (Å²) in [6.45, 7) is 5.80. The van der Waals surface area contributed by atoms with Crippen molar-refractivity contribution >= 4 is 90.8 Å². The minimum atomic E-state index is -0.659. The zero-order valence-electron chi connectivity index (χ0n) is 35.1. The van der Waals surface area contributed by atoms with Gasteiger partial charge in [0.1, 0.15) is 11.5 Å². The third-order valence-electron chi connectivity index (χ3n) is 9.75. The van der Waals surface area contributed by atoms with Gasteiger partial charge >= 0.3 is 11.9 Å². The van der Waals surface area contributed by atoms with Crippen LogP contribution in [-0.4, -0.2) is 37.6 Å². The fourth-order valence-electron chi connectivity index (χ4n) is 6.20. The van der Waals surface area contributed by atoms with E-state index in [0.717, 1.165) is 55.8 Å². The SMILES string of the molecule is CCCCCCCCOc1ccc(N=Cc2ccc(C(=O)Oc3cc(OC(=O)c4ccc(C=Nc5ccc(OCCCCCCCC)c(Br)c5)cc4)c(Cl)cc3Cl)cc2)cc1Br. The van der Waals surface area contributed by atoms with Crippen LogP contribution in [0.2, 0.25) is 10.0 Å². The van der Waals surface area contributed by atoms with Crippen LogP contribution in [0.15, 0.2) is 116 Å². The summed E-state index contributed by atoms with van der Waals surface area (Å²) in [6, 6.07) is 27.6. The lowest BCUT2D eigenvalue weighted by atomic mass is 10.1. The number of rotatable bonds is 24. The van der Waals surface area contributed by atoms with Gasteiger partial charge in [0.15, 0.2) is 11.5 Å². The van der Waals surface area contributed by atoms with E-state index in [0.29, 0.717) is 13.2 Å². The molecule has 0 unspecified atom stereocenters. The second kappa shape index (κ2) is 26.2. The molecule has 0 aliphatic heterocycles. The molecule has 0 radical (unpaired) electrons. The van der Waals surface area contributed by atoms with Gasteiger partial charge in [0.05, 0.1) is 54.7 Å². The number of aliphatic imine (C=N–C) groups is 2. The average Bonchev–Trinajstić information content (AvgIpc) is 3.27. The third-order valence-corrected chi connectivity index (χ3v) is 11.6. The average molecular weight is 1010 g/mol. The summed E-state index contributed by atoms with van der Waals surface area (Å²) in [5, 5.41) is 0.144.